The monoisotopic (exact) mass is 290 g/mol. The molecular weight excluding hydrogens is 264 g/mol. The van der Waals surface area contributed by atoms with Crippen molar-refractivity contribution >= 4 is 5.91 Å². The summed E-state index contributed by atoms with van der Waals surface area (Å²) in [5.41, 5.74) is 2.58. The number of amides is 1. The zero-order valence-electron chi connectivity index (χ0n) is 13.1. The molecule has 1 saturated carbocycles. The molecule has 0 unspecified atom stereocenters. The van der Waals surface area contributed by atoms with E-state index in [0.29, 0.717) is 18.4 Å². The molecule has 5 heteroatoms. The molecule has 5 nitrogen and oxygen atoms in total. The SMILES string of the molecule is CC(C)c1nc2c(n1CCCC(=O)NC1CC1)CCNC2. The Hall–Kier alpha value is -1.36. The largest absolute Gasteiger partial charge is 0.353 e. The van der Waals surface area contributed by atoms with E-state index in [-0.39, 0.29) is 5.91 Å². The molecular formula is C16H26N4O. The van der Waals surface area contributed by atoms with Gasteiger partial charge in [0.05, 0.1) is 5.69 Å². The van der Waals surface area contributed by atoms with Gasteiger partial charge in [0.15, 0.2) is 0 Å². The van der Waals surface area contributed by atoms with Gasteiger partial charge in [-0.05, 0) is 19.3 Å². The fourth-order valence-corrected chi connectivity index (χ4v) is 3.01. The summed E-state index contributed by atoms with van der Waals surface area (Å²) in [5.74, 6) is 1.81. The van der Waals surface area contributed by atoms with Gasteiger partial charge in [0.1, 0.15) is 5.82 Å². The van der Waals surface area contributed by atoms with Gasteiger partial charge in [0.25, 0.3) is 0 Å². The fourth-order valence-electron chi connectivity index (χ4n) is 3.01. The number of carbonyl (C=O) groups is 1. The molecule has 1 aliphatic heterocycles. The minimum Gasteiger partial charge on any atom is -0.353 e. The highest BCUT2D eigenvalue weighted by molar-refractivity contribution is 5.76. The van der Waals surface area contributed by atoms with Gasteiger partial charge in [-0.3, -0.25) is 4.79 Å². The van der Waals surface area contributed by atoms with Crippen LogP contribution in [0.2, 0.25) is 0 Å². The Morgan fingerprint density at radius 1 is 1.48 bits per heavy atom. The fraction of sp³-hybridized carbons (Fsp3) is 0.750. The van der Waals surface area contributed by atoms with Crippen molar-refractivity contribution in [1.82, 2.24) is 20.2 Å². The van der Waals surface area contributed by atoms with Gasteiger partial charge in [-0.25, -0.2) is 4.98 Å². The molecule has 1 amide bonds. The molecule has 21 heavy (non-hydrogen) atoms. The zero-order chi connectivity index (χ0) is 14.8. The van der Waals surface area contributed by atoms with Crippen molar-refractivity contribution in [3.63, 3.8) is 0 Å². The predicted molar refractivity (Wildman–Crippen MR) is 82.1 cm³/mol. The number of carbonyl (C=O) groups excluding carboxylic acids is 1. The molecule has 2 N–H and O–H groups in total. The maximum absolute atomic E-state index is 11.8. The summed E-state index contributed by atoms with van der Waals surface area (Å²) in [4.78, 5) is 16.6. The number of hydrogen-bond acceptors (Lipinski definition) is 3. The van der Waals surface area contributed by atoms with Gasteiger partial charge < -0.3 is 15.2 Å². The lowest BCUT2D eigenvalue weighted by atomic mass is 10.1. The van der Waals surface area contributed by atoms with Crippen LogP contribution in [0.4, 0.5) is 0 Å². The number of hydrogen-bond donors (Lipinski definition) is 2. The summed E-state index contributed by atoms with van der Waals surface area (Å²) in [6.45, 7) is 7.20. The molecule has 1 aromatic heterocycles. The Morgan fingerprint density at radius 3 is 3.00 bits per heavy atom. The molecule has 2 heterocycles. The Balaban J connectivity index is 1.62. The first kappa shape index (κ1) is 14.6. The quantitative estimate of drug-likeness (QED) is 0.838. The van der Waals surface area contributed by atoms with Crippen LogP contribution in [0.3, 0.4) is 0 Å². The average Bonchev–Trinajstić information content (AvgIpc) is 3.18. The molecule has 1 aliphatic carbocycles. The van der Waals surface area contributed by atoms with Crippen molar-refractivity contribution in [2.24, 2.45) is 0 Å². The third-order valence-electron chi connectivity index (χ3n) is 4.26. The molecule has 0 aromatic carbocycles. The number of nitrogens with one attached hydrogen (secondary N) is 2. The summed E-state index contributed by atoms with van der Waals surface area (Å²) in [5, 5.41) is 6.44. The molecule has 0 bridgehead atoms. The van der Waals surface area contributed by atoms with Gasteiger partial charge >= 0.3 is 0 Å². The van der Waals surface area contributed by atoms with E-state index in [2.05, 4.69) is 29.0 Å². The molecule has 0 saturated heterocycles. The number of rotatable bonds is 6. The number of fused-ring (bicyclic) bond motifs is 1. The highest BCUT2D eigenvalue weighted by Gasteiger charge is 2.23. The van der Waals surface area contributed by atoms with E-state index in [4.69, 9.17) is 4.98 Å². The molecule has 1 aromatic rings. The number of aromatic nitrogens is 2. The van der Waals surface area contributed by atoms with E-state index in [9.17, 15) is 4.79 Å². The maximum atomic E-state index is 11.8. The van der Waals surface area contributed by atoms with Crippen LogP contribution in [0.1, 0.15) is 62.7 Å². The van der Waals surface area contributed by atoms with Crippen molar-refractivity contribution < 1.29 is 4.79 Å². The second-order valence-corrected chi connectivity index (χ2v) is 6.54. The Labute approximate surface area is 126 Å². The van der Waals surface area contributed by atoms with Gasteiger partial charge in [-0.15, -0.1) is 0 Å². The lowest BCUT2D eigenvalue weighted by molar-refractivity contribution is -0.121. The molecule has 116 valence electrons. The second kappa shape index (κ2) is 6.18. The first-order chi connectivity index (χ1) is 10.1. The Morgan fingerprint density at radius 2 is 2.29 bits per heavy atom. The van der Waals surface area contributed by atoms with Gasteiger partial charge in [0.2, 0.25) is 5.91 Å². The van der Waals surface area contributed by atoms with Crippen LogP contribution in [0.15, 0.2) is 0 Å². The minimum absolute atomic E-state index is 0.208. The highest BCUT2D eigenvalue weighted by Crippen LogP contribution is 2.23. The van der Waals surface area contributed by atoms with Gasteiger partial charge in [-0.1, -0.05) is 13.8 Å². The van der Waals surface area contributed by atoms with Crippen LogP contribution in [-0.2, 0) is 24.3 Å². The van der Waals surface area contributed by atoms with E-state index in [1.807, 2.05) is 0 Å². The van der Waals surface area contributed by atoms with E-state index in [0.717, 1.165) is 45.3 Å². The summed E-state index contributed by atoms with van der Waals surface area (Å²) in [7, 11) is 0. The molecule has 2 aliphatic rings. The summed E-state index contributed by atoms with van der Waals surface area (Å²) >= 11 is 0. The third kappa shape index (κ3) is 3.46. The van der Waals surface area contributed by atoms with E-state index in [1.54, 1.807) is 0 Å². The van der Waals surface area contributed by atoms with E-state index in [1.165, 1.54) is 17.2 Å². The van der Waals surface area contributed by atoms with Gasteiger partial charge in [0, 0.05) is 50.1 Å². The van der Waals surface area contributed by atoms with Crippen molar-refractivity contribution in [3.8, 4) is 0 Å². The van der Waals surface area contributed by atoms with Crippen LogP contribution in [0, 0.1) is 0 Å². The molecule has 0 radical (unpaired) electrons. The standard InChI is InChI=1S/C16H26N4O/c1-11(2)16-19-13-10-17-8-7-14(13)20(16)9-3-4-15(21)18-12-5-6-12/h11-12,17H,3-10H2,1-2H3,(H,18,21). The van der Waals surface area contributed by atoms with Crippen molar-refractivity contribution in [1.29, 1.82) is 0 Å². The van der Waals surface area contributed by atoms with Gasteiger partial charge in [-0.2, -0.15) is 0 Å². The van der Waals surface area contributed by atoms with E-state index >= 15 is 0 Å². The van der Waals surface area contributed by atoms with Crippen LogP contribution in [-0.4, -0.2) is 28.0 Å². The van der Waals surface area contributed by atoms with Crippen LogP contribution in [0.25, 0.3) is 0 Å². The van der Waals surface area contributed by atoms with Crippen molar-refractivity contribution in [3.05, 3.63) is 17.2 Å². The average molecular weight is 290 g/mol. The lowest BCUT2D eigenvalue weighted by Crippen LogP contribution is -2.26. The Kier molecular flexibility index (Phi) is 4.29. The molecule has 0 atom stereocenters. The number of imidazole rings is 1. The Bertz CT molecular complexity index is 517. The predicted octanol–water partition coefficient (Wildman–Crippen LogP) is 1.71. The summed E-state index contributed by atoms with van der Waals surface area (Å²) in [6.07, 6.45) is 4.88. The normalized spacial score (nSPS) is 17.9. The first-order valence-electron chi connectivity index (χ1n) is 8.23. The third-order valence-corrected chi connectivity index (χ3v) is 4.26. The number of nitrogens with zero attached hydrogens (tertiary/aromatic N) is 2. The van der Waals surface area contributed by atoms with E-state index < -0.39 is 0 Å². The second-order valence-electron chi connectivity index (χ2n) is 6.54. The smallest absolute Gasteiger partial charge is 0.220 e. The topological polar surface area (TPSA) is 59.0 Å². The highest BCUT2D eigenvalue weighted by atomic mass is 16.1. The van der Waals surface area contributed by atoms with Crippen molar-refractivity contribution in [2.75, 3.05) is 6.54 Å². The maximum Gasteiger partial charge on any atom is 0.220 e. The summed E-state index contributed by atoms with van der Waals surface area (Å²) in [6, 6.07) is 0.468. The summed E-state index contributed by atoms with van der Waals surface area (Å²) < 4.78 is 2.37. The molecule has 0 spiro atoms. The first-order valence-corrected chi connectivity index (χ1v) is 8.23. The van der Waals surface area contributed by atoms with Crippen LogP contribution >= 0.6 is 0 Å². The molecule has 1 fully saturated rings. The minimum atomic E-state index is 0.208. The van der Waals surface area contributed by atoms with Crippen molar-refractivity contribution in [2.45, 2.75) is 71.0 Å². The van der Waals surface area contributed by atoms with Crippen LogP contribution in [0.5, 0.6) is 0 Å². The zero-order valence-corrected chi connectivity index (χ0v) is 13.1. The lowest BCUT2D eigenvalue weighted by Gasteiger charge is -2.17. The molecule has 3 rings (SSSR count). The van der Waals surface area contributed by atoms with Crippen LogP contribution < -0.4 is 10.6 Å².